The molecule has 2 aromatic heterocycles. The first kappa shape index (κ1) is 11.9. The third-order valence-electron chi connectivity index (χ3n) is 2.16. The summed E-state index contributed by atoms with van der Waals surface area (Å²) in [6, 6.07) is 1.60. The van der Waals surface area contributed by atoms with E-state index in [0.29, 0.717) is 15.1 Å². The molecule has 0 amide bonds. The van der Waals surface area contributed by atoms with E-state index in [1.807, 2.05) is 13.2 Å². The topological polar surface area (TPSA) is 56.7 Å². The molecular weight excluding hydrogens is 267 g/mol. The summed E-state index contributed by atoms with van der Waals surface area (Å²) in [5.41, 5.74) is 7.74. The summed E-state index contributed by atoms with van der Waals surface area (Å²) in [5.74, 6) is 0. The lowest BCUT2D eigenvalue weighted by atomic mass is 10.1. The Hall–Kier alpha value is -0.620. The first-order valence-electron chi connectivity index (χ1n) is 4.62. The molecule has 7 heteroatoms. The summed E-state index contributed by atoms with van der Waals surface area (Å²) >= 11 is 13.2. The lowest BCUT2D eigenvalue weighted by Crippen LogP contribution is -2.13. The molecule has 86 valence electrons. The average Bonchev–Trinajstić information content (AvgIpc) is 2.73. The van der Waals surface area contributed by atoms with Crippen LogP contribution in [0.1, 0.15) is 17.3 Å². The highest BCUT2D eigenvalue weighted by atomic mass is 35.5. The number of hydrogen-bond donors (Lipinski definition) is 1. The van der Waals surface area contributed by atoms with Gasteiger partial charge in [-0.15, -0.1) is 16.4 Å². The van der Waals surface area contributed by atoms with Crippen molar-refractivity contribution in [1.29, 1.82) is 0 Å². The standard InChI is InChI=1S/C9H10Cl2N4S/c1-15-4-5(13-14-15)2-7(12)6-3-8(10)16-9(6)11/h3-4,7H,2,12H2,1H3. The van der Waals surface area contributed by atoms with Crippen LogP contribution in [0, 0.1) is 0 Å². The van der Waals surface area contributed by atoms with Gasteiger partial charge in [-0.25, -0.2) is 0 Å². The summed E-state index contributed by atoms with van der Waals surface area (Å²) in [5, 5.41) is 7.82. The Labute approximate surface area is 107 Å². The third kappa shape index (κ3) is 2.55. The van der Waals surface area contributed by atoms with Crippen molar-refractivity contribution in [2.75, 3.05) is 0 Å². The van der Waals surface area contributed by atoms with Crippen molar-refractivity contribution < 1.29 is 0 Å². The van der Waals surface area contributed by atoms with Gasteiger partial charge in [-0.2, -0.15) is 0 Å². The highest BCUT2D eigenvalue weighted by molar-refractivity contribution is 7.20. The summed E-state index contributed by atoms with van der Waals surface area (Å²) < 4.78 is 2.93. The molecule has 0 saturated heterocycles. The van der Waals surface area contributed by atoms with Crippen LogP contribution in [0.15, 0.2) is 12.3 Å². The number of nitrogens with zero attached hydrogens (tertiary/aromatic N) is 3. The summed E-state index contributed by atoms with van der Waals surface area (Å²) in [6.07, 6.45) is 2.43. The van der Waals surface area contributed by atoms with Crippen LogP contribution in [0.5, 0.6) is 0 Å². The van der Waals surface area contributed by atoms with Gasteiger partial charge in [0.25, 0.3) is 0 Å². The highest BCUT2D eigenvalue weighted by Gasteiger charge is 2.15. The van der Waals surface area contributed by atoms with Crippen LogP contribution < -0.4 is 5.73 Å². The molecule has 16 heavy (non-hydrogen) atoms. The molecule has 0 bridgehead atoms. The van der Waals surface area contributed by atoms with E-state index in [0.717, 1.165) is 11.3 Å². The van der Waals surface area contributed by atoms with Crippen LogP contribution in [0.25, 0.3) is 0 Å². The Bertz CT molecular complexity index is 493. The molecule has 2 rings (SSSR count). The van der Waals surface area contributed by atoms with Crippen molar-refractivity contribution in [3.8, 4) is 0 Å². The normalized spacial score (nSPS) is 13.0. The minimum atomic E-state index is -0.201. The fourth-order valence-electron chi connectivity index (χ4n) is 1.43. The molecule has 2 aromatic rings. The summed E-state index contributed by atoms with van der Waals surface area (Å²) in [6.45, 7) is 0. The third-order valence-corrected chi connectivity index (χ3v) is 3.68. The van der Waals surface area contributed by atoms with Gasteiger partial charge in [0, 0.05) is 31.3 Å². The number of rotatable bonds is 3. The first-order valence-corrected chi connectivity index (χ1v) is 6.19. The summed E-state index contributed by atoms with van der Waals surface area (Å²) in [7, 11) is 1.82. The molecule has 0 radical (unpaired) electrons. The molecule has 0 aliphatic heterocycles. The number of halogens is 2. The number of thiophene rings is 1. The van der Waals surface area contributed by atoms with E-state index >= 15 is 0 Å². The monoisotopic (exact) mass is 276 g/mol. The fraction of sp³-hybridized carbons (Fsp3) is 0.333. The van der Waals surface area contributed by atoms with Crippen molar-refractivity contribution in [2.45, 2.75) is 12.5 Å². The predicted octanol–water partition coefficient (Wildman–Crippen LogP) is 2.43. The minimum Gasteiger partial charge on any atom is -0.324 e. The predicted molar refractivity (Wildman–Crippen MR) is 66.0 cm³/mol. The smallest absolute Gasteiger partial charge is 0.0992 e. The maximum atomic E-state index is 6.04. The molecule has 0 spiro atoms. The molecule has 0 aromatic carbocycles. The van der Waals surface area contributed by atoms with Gasteiger partial charge >= 0.3 is 0 Å². The van der Waals surface area contributed by atoms with Gasteiger partial charge in [-0.1, -0.05) is 28.4 Å². The van der Waals surface area contributed by atoms with Crippen LogP contribution in [-0.2, 0) is 13.5 Å². The highest BCUT2D eigenvalue weighted by Crippen LogP contribution is 2.34. The molecule has 1 unspecified atom stereocenters. The van der Waals surface area contributed by atoms with E-state index in [-0.39, 0.29) is 6.04 Å². The first-order chi connectivity index (χ1) is 7.56. The van der Waals surface area contributed by atoms with Crippen LogP contribution >= 0.6 is 34.5 Å². The molecule has 0 aliphatic carbocycles. The van der Waals surface area contributed by atoms with Gasteiger partial charge in [0.1, 0.15) is 0 Å². The maximum absolute atomic E-state index is 6.04. The SMILES string of the molecule is Cn1cc(CC(N)c2cc(Cl)sc2Cl)nn1. The number of aromatic nitrogens is 3. The van der Waals surface area contributed by atoms with Gasteiger partial charge in [0.2, 0.25) is 0 Å². The van der Waals surface area contributed by atoms with Crippen LogP contribution in [0.3, 0.4) is 0 Å². The van der Waals surface area contributed by atoms with E-state index in [1.54, 1.807) is 10.7 Å². The Kier molecular flexibility index (Phi) is 3.49. The molecule has 4 nitrogen and oxygen atoms in total. The van der Waals surface area contributed by atoms with Gasteiger partial charge in [-0.05, 0) is 6.07 Å². The van der Waals surface area contributed by atoms with Crippen molar-refractivity contribution >= 4 is 34.5 Å². The van der Waals surface area contributed by atoms with Crippen molar-refractivity contribution in [1.82, 2.24) is 15.0 Å². The Balaban J connectivity index is 2.14. The van der Waals surface area contributed by atoms with Crippen molar-refractivity contribution in [3.05, 3.63) is 32.2 Å². The zero-order valence-corrected chi connectivity index (χ0v) is 10.9. The van der Waals surface area contributed by atoms with E-state index in [4.69, 9.17) is 28.9 Å². The van der Waals surface area contributed by atoms with Gasteiger partial charge in [0.05, 0.1) is 14.4 Å². The Morgan fingerprint density at radius 3 is 2.81 bits per heavy atom. The minimum absolute atomic E-state index is 0.201. The lowest BCUT2D eigenvalue weighted by Gasteiger charge is -2.07. The molecule has 0 fully saturated rings. The van der Waals surface area contributed by atoms with E-state index < -0.39 is 0 Å². The molecule has 1 atom stereocenters. The molecule has 2 N–H and O–H groups in total. The fourth-order valence-corrected chi connectivity index (χ4v) is 3.03. The van der Waals surface area contributed by atoms with Gasteiger partial charge in [-0.3, -0.25) is 4.68 Å². The Morgan fingerprint density at radius 2 is 2.31 bits per heavy atom. The summed E-state index contributed by atoms with van der Waals surface area (Å²) in [4.78, 5) is 0. The quantitative estimate of drug-likeness (QED) is 0.937. The number of hydrogen-bond acceptors (Lipinski definition) is 4. The number of aryl methyl sites for hydroxylation is 1. The Morgan fingerprint density at radius 1 is 1.56 bits per heavy atom. The molecule has 2 heterocycles. The molecule has 0 saturated carbocycles. The van der Waals surface area contributed by atoms with Crippen molar-refractivity contribution in [3.63, 3.8) is 0 Å². The van der Waals surface area contributed by atoms with Crippen LogP contribution in [0.2, 0.25) is 8.67 Å². The zero-order chi connectivity index (χ0) is 11.7. The van der Waals surface area contributed by atoms with Crippen LogP contribution in [-0.4, -0.2) is 15.0 Å². The maximum Gasteiger partial charge on any atom is 0.0992 e. The van der Waals surface area contributed by atoms with E-state index in [9.17, 15) is 0 Å². The second-order valence-corrected chi connectivity index (χ2v) is 5.76. The second kappa shape index (κ2) is 4.71. The largest absolute Gasteiger partial charge is 0.324 e. The van der Waals surface area contributed by atoms with Gasteiger partial charge in [0.15, 0.2) is 0 Å². The van der Waals surface area contributed by atoms with E-state index in [1.165, 1.54) is 11.3 Å². The zero-order valence-electron chi connectivity index (χ0n) is 8.52. The van der Waals surface area contributed by atoms with Crippen LogP contribution in [0.4, 0.5) is 0 Å². The van der Waals surface area contributed by atoms with Gasteiger partial charge < -0.3 is 5.73 Å². The molecule has 0 aliphatic rings. The lowest BCUT2D eigenvalue weighted by molar-refractivity contribution is 0.695. The average molecular weight is 277 g/mol. The number of nitrogens with two attached hydrogens (primary N) is 1. The molecular formula is C9H10Cl2N4S. The van der Waals surface area contributed by atoms with Crippen molar-refractivity contribution in [2.24, 2.45) is 12.8 Å². The van der Waals surface area contributed by atoms with E-state index in [2.05, 4.69) is 10.3 Å². The second-order valence-electron chi connectivity index (χ2n) is 3.47.